The largest absolute Gasteiger partial charge is 0.490 e. The van der Waals surface area contributed by atoms with Crippen LogP contribution in [0.1, 0.15) is 55.1 Å². The highest BCUT2D eigenvalue weighted by molar-refractivity contribution is 6.23. The van der Waals surface area contributed by atoms with Gasteiger partial charge in [0.25, 0.3) is 0 Å². The number of hydrogen-bond donors (Lipinski definition) is 1. The van der Waals surface area contributed by atoms with E-state index < -0.39 is 11.9 Å². The lowest BCUT2D eigenvalue weighted by molar-refractivity contribution is -0.138. The third-order valence-corrected chi connectivity index (χ3v) is 5.64. The molecule has 1 heterocycles. The fourth-order valence-corrected chi connectivity index (χ4v) is 4.39. The van der Waals surface area contributed by atoms with Gasteiger partial charge in [0.2, 0.25) is 0 Å². The third kappa shape index (κ3) is 3.55. The molecule has 1 N–H and O–H groups in total. The maximum atomic E-state index is 13.5. The second-order valence-corrected chi connectivity index (χ2v) is 7.55. The van der Waals surface area contributed by atoms with Gasteiger partial charge in [0.15, 0.2) is 17.3 Å². The van der Waals surface area contributed by atoms with E-state index in [-0.39, 0.29) is 12.4 Å². The van der Waals surface area contributed by atoms with Crippen molar-refractivity contribution in [2.45, 2.75) is 33.6 Å². The molecule has 0 unspecified atom stereocenters. The standard InChI is InChI=1S/C26H27NO5/c1-5-30-19-13-12-16(14-20(19)31-6-2)22-21(26(29)32-7-3)15(4)27-24-17-10-8-9-11-18(17)25(28)23(22)24/h8-14,22,27H,5-7H2,1-4H3/t22-/m0/s1. The summed E-state index contributed by atoms with van der Waals surface area (Å²) in [7, 11) is 0. The molecule has 0 spiro atoms. The minimum Gasteiger partial charge on any atom is -0.490 e. The van der Waals surface area contributed by atoms with Crippen molar-refractivity contribution in [2.75, 3.05) is 19.8 Å². The molecule has 2 aliphatic rings. The summed E-state index contributed by atoms with van der Waals surface area (Å²) in [6.07, 6.45) is 0. The van der Waals surface area contributed by atoms with Gasteiger partial charge in [-0.25, -0.2) is 4.79 Å². The smallest absolute Gasteiger partial charge is 0.336 e. The van der Waals surface area contributed by atoms with E-state index in [2.05, 4.69) is 5.32 Å². The molecule has 0 saturated carbocycles. The summed E-state index contributed by atoms with van der Waals surface area (Å²) in [5, 5.41) is 3.31. The number of dihydropyridines is 1. The van der Waals surface area contributed by atoms with Crippen molar-refractivity contribution in [2.24, 2.45) is 0 Å². The fourth-order valence-electron chi connectivity index (χ4n) is 4.39. The molecule has 4 rings (SSSR count). The molecule has 1 aliphatic carbocycles. The maximum Gasteiger partial charge on any atom is 0.336 e. The summed E-state index contributed by atoms with van der Waals surface area (Å²) in [6.45, 7) is 8.63. The highest BCUT2D eigenvalue weighted by Gasteiger charge is 2.43. The number of benzene rings is 2. The topological polar surface area (TPSA) is 73.9 Å². The van der Waals surface area contributed by atoms with E-state index in [1.54, 1.807) is 6.92 Å². The molecule has 0 saturated heterocycles. The Morgan fingerprint density at radius 3 is 2.31 bits per heavy atom. The van der Waals surface area contributed by atoms with Crippen LogP contribution in [0.3, 0.4) is 0 Å². The number of ketones is 1. The minimum atomic E-state index is -0.583. The summed E-state index contributed by atoms with van der Waals surface area (Å²) < 4.78 is 16.9. The molecule has 0 radical (unpaired) electrons. The van der Waals surface area contributed by atoms with E-state index >= 15 is 0 Å². The van der Waals surface area contributed by atoms with Crippen LogP contribution in [0.15, 0.2) is 59.3 Å². The molecule has 1 atom stereocenters. The molecule has 6 nitrogen and oxygen atoms in total. The predicted octanol–water partition coefficient (Wildman–Crippen LogP) is 4.62. The number of carbonyl (C=O) groups is 2. The van der Waals surface area contributed by atoms with Crippen LogP contribution < -0.4 is 14.8 Å². The van der Waals surface area contributed by atoms with E-state index in [1.165, 1.54) is 0 Å². The normalized spacial score (nSPS) is 17.0. The van der Waals surface area contributed by atoms with Gasteiger partial charge >= 0.3 is 5.97 Å². The molecule has 1 aliphatic heterocycles. The molecular formula is C26H27NO5. The van der Waals surface area contributed by atoms with Gasteiger partial charge in [-0.1, -0.05) is 30.3 Å². The van der Waals surface area contributed by atoms with Gasteiger partial charge in [-0.3, -0.25) is 4.79 Å². The zero-order valence-electron chi connectivity index (χ0n) is 18.8. The van der Waals surface area contributed by atoms with Crippen molar-refractivity contribution in [3.63, 3.8) is 0 Å². The van der Waals surface area contributed by atoms with Crippen molar-refractivity contribution >= 4 is 17.4 Å². The molecule has 0 aromatic heterocycles. The number of fused-ring (bicyclic) bond motifs is 2. The van der Waals surface area contributed by atoms with E-state index in [1.807, 2.05) is 63.2 Å². The van der Waals surface area contributed by atoms with Gasteiger partial charge in [0.1, 0.15) is 0 Å². The van der Waals surface area contributed by atoms with Gasteiger partial charge in [-0.15, -0.1) is 0 Å². The van der Waals surface area contributed by atoms with Crippen LogP contribution in [-0.2, 0) is 9.53 Å². The van der Waals surface area contributed by atoms with Crippen molar-refractivity contribution in [3.8, 4) is 11.5 Å². The molecule has 32 heavy (non-hydrogen) atoms. The van der Waals surface area contributed by atoms with Crippen molar-refractivity contribution in [1.29, 1.82) is 0 Å². The van der Waals surface area contributed by atoms with Gasteiger partial charge in [-0.2, -0.15) is 0 Å². The number of nitrogens with one attached hydrogen (secondary N) is 1. The summed E-state index contributed by atoms with van der Waals surface area (Å²) in [5.41, 5.74) is 4.63. The van der Waals surface area contributed by atoms with Gasteiger partial charge < -0.3 is 19.5 Å². The lowest BCUT2D eigenvalue weighted by Crippen LogP contribution is -2.29. The Kier molecular flexibility index (Phi) is 6.04. The first-order valence-corrected chi connectivity index (χ1v) is 10.9. The van der Waals surface area contributed by atoms with Crippen LogP contribution in [0.2, 0.25) is 0 Å². The molecule has 6 heteroatoms. The molecule has 0 fully saturated rings. The Bertz CT molecular complexity index is 1140. The number of Topliss-reactive ketones (excluding diaryl/α,β-unsaturated/α-hetero) is 1. The Morgan fingerprint density at radius 2 is 1.62 bits per heavy atom. The SMILES string of the molecule is CCOC(=O)C1=C(C)NC2=C(C(=O)c3ccccc32)[C@H]1c1ccc(OCC)c(OCC)c1. The molecule has 2 aromatic rings. The third-order valence-electron chi connectivity index (χ3n) is 5.64. The average Bonchev–Trinajstić information content (AvgIpc) is 3.06. The predicted molar refractivity (Wildman–Crippen MR) is 122 cm³/mol. The number of hydrogen-bond acceptors (Lipinski definition) is 6. The Balaban J connectivity index is 1.91. The lowest BCUT2D eigenvalue weighted by atomic mass is 9.79. The Hall–Kier alpha value is -3.54. The summed E-state index contributed by atoms with van der Waals surface area (Å²) in [4.78, 5) is 26.5. The lowest BCUT2D eigenvalue weighted by Gasteiger charge is -2.29. The Labute approximate surface area is 187 Å². The van der Waals surface area contributed by atoms with Crippen LogP contribution in [0.4, 0.5) is 0 Å². The average molecular weight is 434 g/mol. The quantitative estimate of drug-likeness (QED) is 0.643. The zero-order valence-corrected chi connectivity index (χ0v) is 18.8. The number of rotatable bonds is 7. The van der Waals surface area contributed by atoms with Crippen LogP contribution >= 0.6 is 0 Å². The van der Waals surface area contributed by atoms with Crippen LogP contribution in [0, 0.1) is 0 Å². The Morgan fingerprint density at radius 1 is 0.938 bits per heavy atom. The second kappa shape index (κ2) is 8.91. The summed E-state index contributed by atoms with van der Waals surface area (Å²) >= 11 is 0. The first-order valence-electron chi connectivity index (χ1n) is 10.9. The van der Waals surface area contributed by atoms with Gasteiger partial charge in [0, 0.05) is 28.3 Å². The second-order valence-electron chi connectivity index (χ2n) is 7.55. The molecule has 0 amide bonds. The minimum absolute atomic E-state index is 0.0887. The molecule has 0 bridgehead atoms. The number of allylic oxidation sites excluding steroid dienone is 2. The van der Waals surface area contributed by atoms with Crippen LogP contribution in [0.25, 0.3) is 5.70 Å². The fraction of sp³-hybridized carbons (Fsp3) is 0.308. The van der Waals surface area contributed by atoms with Crippen molar-refractivity contribution in [1.82, 2.24) is 5.32 Å². The van der Waals surface area contributed by atoms with E-state index in [9.17, 15) is 9.59 Å². The van der Waals surface area contributed by atoms with E-state index in [4.69, 9.17) is 14.2 Å². The van der Waals surface area contributed by atoms with E-state index in [0.717, 1.165) is 16.8 Å². The summed E-state index contributed by atoms with van der Waals surface area (Å²) in [5.74, 6) is 0.0935. The first kappa shape index (κ1) is 21.7. The summed E-state index contributed by atoms with van der Waals surface area (Å²) in [6, 6.07) is 13.1. The maximum absolute atomic E-state index is 13.5. The van der Waals surface area contributed by atoms with Gasteiger partial charge in [0.05, 0.1) is 31.1 Å². The van der Waals surface area contributed by atoms with E-state index in [0.29, 0.717) is 47.1 Å². The van der Waals surface area contributed by atoms with Crippen molar-refractivity contribution < 1.29 is 23.8 Å². The molecule has 166 valence electrons. The molecular weight excluding hydrogens is 406 g/mol. The number of ether oxygens (including phenoxy) is 3. The monoisotopic (exact) mass is 433 g/mol. The highest BCUT2D eigenvalue weighted by Crippen LogP contribution is 2.47. The van der Waals surface area contributed by atoms with Crippen molar-refractivity contribution in [3.05, 3.63) is 76.0 Å². The van der Waals surface area contributed by atoms with Gasteiger partial charge in [-0.05, 0) is 45.4 Å². The van der Waals surface area contributed by atoms with Crippen LogP contribution in [-0.4, -0.2) is 31.6 Å². The highest BCUT2D eigenvalue weighted by atomic mass is 16.5. The van der Waals surface area contributed by atoms with Crippen LogP contribution in [0.5, 0.6) is 11.5 Å². The number of esters is 1. The number of carbonyl (C=O) groups excluding carboxylic acids is 2. The molecule has 2 aromatic carbocycles. The zero-order chi connectivity index (χ0) is 22.8. The first-order chi connectivity index (χ1) is 15.5.